The van der Waals surface area contributed by atoms with Gasteiger partial charge in [-0.25, -0.2) is 4.39 Å². The first-order valence-corrected chi connectivity index (χ1v) is 10.6. The Balaban J connectivity index is 1.90. The first-order chi connectivity index (χ1) is 14.8. The van der Waals surface area contributed by atoms with Crippen molar-refractivity contribution >= 4 is 0 Å². The van der Waals surface area contributed by atoms with Gasteiger partial charge in [0.05, 0.1) is 0 Å². The van der Waals surface area contributed by atoms with Gasteiger partial charge in [-0.15, -0.1) is 0 Å². The fourth-order valence-corrected chi connectivity index (χ4v) is 3.80. The van der Waals surface area contributed by atoms with Crippen LogP contribution < -0.4 is 0 Å². The third-order valence-electron chi connectivity index (χ3n) is 5.45. The maximum Gasteiger partial charge on any atom is 0.422 e. The van der Waals surface area contributed by atoms with Gasteiger partial charge in [0.2, 0.25) is 0 Å². The number of aromatic hydroxyl groups is 1. The molecule has 0 heterocycles. The molecular formula is C26H26F4O. The zero-order chi connectivity index (χ0) is 22.4. The molecule has 0 aliphatic carbocycles. The molecule has 0 aliphatic rings. The van der Waals surface area contributed by atoms with Crippen LogP contribution in [0.3, 0.4) is 0 Å². The van der Waals surface area contributed by atoms with E-state index in [-0.39, 0.29) is 5.56 Å². The van der Waals surface area contributed by atoms with E-state index in [1.807, 2.05) is 24.3 Å². The van der Waals surface area contributed by atoms with Gasteiger partial charge >= 0.3 is 6.18 Å². The molecule has 5 heteroatoms. The summed E-state index contributed by atoms with van der Waals surface area (Å²) in [6.45, 7) is 2.19. The SMILES string of the molecule is CCCCCCCc1ccc(-c2ccccc2-c2ccc(O)c(C(F)(F)F)c2F)cc1. The smallest absolute Gasteiger partial charge is 0.422 e. The van der Waals surface area contributed by atoms with Crippen molar-refractivity contribution in [1.82, 2.24) is 0 Å². The van der Waals surface area contributed by atoms with Crippen molar-refractivity contribution in [1.29, 1.82) is 0 Å². The van der Waals surface area contributed by atoms with Gasteiger partial charge in [-0.2, -0.15) is 13.2 Å². The predicted molar refractivity (Wildman–Crippen MR) is 116 cm³/mol. The van der Waals surface area contributed by atoms with Crippen LogP contribution in [0.25, 0.3) is 22.3 Å². The molecule has 3 rings (SSSR count). The average Bonchev–Trinajstić information content (AvgIpc) is 2.73. The Morgan fingerprint density at radius 3 is 2.03 bits per heavy atom. The second-order valence-electron chi connectivity index (χ2n) is 7.73. The second-order valence-corrected chi connectivity index (χ2v) is 7.73. The van der Waals surface area contributed by atoms with E-state index in [0.717, 1.165) is 24.5 Å². The molecule has 1 N–H and O–H groups in total. The van der Waals surface area contributed by atoms with E-state index in [0.29, 0.717) is 11.1 Å². The quantitative estimate of drug-likeness (QED) is 0.281. The molecule has 3 aromatic rings. The Morgan fingerprint density at radius 2 is 1.39 bits per heavy atom. The van der Waals surface area contributed by atoms with Crippen LogP contribution in [0.2, 0.25) is 0 Å². The Morgan fingerprint density at radius 1 is 0.742 bits per heavy atom. The van der Waals surface area contributed by atoms with Crippen LogP contribution in [0.5, 0.6) is 5.75 Å². The molecular weight excluding hydrogens is 404 g/mol. The zero-order valence-corrected chi connectivity index (χ0v) is 17.5. The zero-order valence-electron chi connectivity index (χ0n) is 17.5. The van der Waals surface area contributed by atoms with Gasteiger partial charge < -0.3 is 5.11 Å². The van der Waals surface area contributed by atoms with Crippen LogP contribution >= 0.6 is 0 Å². The van der Waals surface area contributed by atoms with E-state index in [4.69, 9.17) is 0 Å². The molecule has 0 fully saturated rings. The van der Waals surface area contributed by atoms with E-state index in [1.165, 1.54) is 37.3 Å². The monoisotopic (exact) mass is 430 g/mol. The molecule has 1 nitrogen and oxygen atoms in total. The summed E-state index contributed by atoms with van der Waals surface area (Å²) >= 11 is 0. The van der Waals surface area contributed by atoms with E-state index >= 15 is 0 Å². The summed E-state index contributed by atoms with van der Waals surface area (Å²) in [7, 11) is 0. The number of phenolic OH excluding ortho intramolecular Hbond substituents is 1. The molecule has 0 bridgehead atoms. The van der Waals surface area contributed by atoms with E-state index in [1.54, 1.807) is 24.3 Å². The minimum Gasteiger partial charge on any atom is -0.507 e. The molecule has 3 aromatic carbocycles. The summed E-state index contributed by atoms with van der Waals surface area (Å²) in [5.41, 5.74) is 1.14. The summed E-state index contributed by atoms with van der Waals surface area (Å²) in [5.74, 6) is -2.59. The lowest BCUT2D eigenvalue weighted by molar-refractivity contribution is -0.141. The van der Waals surface area contributed by atoms with Crippen molar-refractivity contribution in [2.45, 2.75) is 51.6 Å². The van der Waals surface area contributed by atoms with E-state index in [9.17, 15) is 22.7 Å². The highest BCUT2D eigenvalue weighted by Crippen LogP contribution is 2.42. The van der Waals surface area contributed by atoms with Gasteiger partial charge in [-0.1, -0.05) is 81.1 Å². The van der Waals surface area contributed by atoms with Crippen molar-refractivity contribution in [3.63, 3.8) is 0 Å². The van der Waals surface area contributed by atoms with Crippen molar-refractivity contribution in [2.24, 2.45) is 0 Å². The minimum absolute atomic E-state index is 0.194. The van der Waals surface area contributed by atoms with Crippen LogP contribution in [0.4, 0.5) is 17.6 Å². The van der Waals surface area contributed by atoms with Crippen molar-refractivity contribution in [3.05, 3.63) is 77.6 Å². The first-order valence-electron chi connectivity index (χ1n) is 10.6. The number of aryl methyl sites for hydroxylation is 1. The fourth-order valence-electron chi connectivity index (χ4n) is 3.80. The highest BCUT2D eigenvalue weighted by molar-refractivity contribution is 5.84. The standard InChI is InChI=1S/C26H26F4O/c1-2-3-4-5-6-9-18-12-14-19(15-13-18)20-10-7-8-11-21(20)22-16-17-23(31)24(25(22)27)26(28,29)30/h7-8,10-17,31H,2-6,9H2,1H3. The van der Waals surface area contributed by atoms with Gasteiger partial charge in [-0.3, -0.25) is 0 Å². The Hall–Kier alpha value is -2.82. The molecule has 0 amide bonds. The molecule has 0 saturated heterocycles. The maximum absolute atomic E-state index is 14.8. The summed E-state index contributed by atoms with van der Waals surface area (Å²) in [6, 6.07) is 16.7. The number of hydrogen-bond acceptors (Lipinski definition) is 1. The normalized spacial score (nSPS) is 11.6. The summed E-state index contributed by atoms with van der Waals surface area (Å²) in [6.07, 6.45) is 2.00. The maximum atomic E-state index is 14.8. The summed E-state index contributed by atoms with van der Waals surface area (Å²) in [4.78, 5) is 0. The fraction of sp³-hybridized carbons (Fsp3) is 0.308. The minimum atomic E-state index is -4.99. The van der Waals surface area contributed by atoms with Crippen molar-refractivity contribution < 1.29 is 22.7 Å². The van der Waals surface area contributed by atoms with Gasteiger partial charge in [0.15, 0.2) is 0 Å². The Bertz CT molecular complexity index is 1010. The van der Waals surface area contributed by atoms with Crippen molar-refractivity contribution in [2.75, 3.05) is 0 Å². The van der Waals surface area contributed by atoms with Crippen LogP contribution in [-0.2, 0) is 12.6 Å². The highest BCUT2D eigenvalue weighted by atomic mass is 19.4. The molecule has 0 unspecified atom stereocenters. The molecule has 0 radical (unpaired) electrons. The number of alkyl halides is 3. The van der Waals surface area contributed by atoms with Gasteiger partial charge in [-0.05, 0) is 47.2 Å². The molecule has 0 atom stereocenters. The summed E-state index contributed by atoms with van der Waals surface area (Å²) in [5, 5.41) is 9.57. The number of phenols is 1. The van der Waals surface area contributed by atoms with E-state index in [2.05, 4.69) is 6.92 Å². The summed E-state index contributed by atoms with van der Waals surface area (Å²) < 4.78 is 54.6. The van der Waals surface area contributed by atoms with E-state index < -0.39 is 23.3 Å². The van der Waals surface area contributed by atoms with Gasteiger partial charge in [0.25, 0.3) is 0 Å². The average molecular weight is 430 g/mol. The van der Waals surface area contributed by atoms with Gasteiger partial charge in [0.1, 0.15) is 17.1 Å². The number of hydrogen-bond donors (Lipinski definition) is 1. The topological polar surface area (TPSA) is 20.2 Å². The third-order valence-corrected chi connectivity index (χ3v) is 5.45. The van der Waals surface area contributed by atoms with Crippen LogP contribution in [0, 0.1) is 5.82 Å². The lowest BCUT2D eigenvalue weighted by atomic mass is 9.92. The molecule has 164 valence electrons. The molecule has 0 spiro atoms. The number of benzene rings is 3. The highest BCUT2D eigenvalue weighted by Gasteiger charge is 2.38. The number of unbranched alkanes of at least 4 members (excludes halogenated alkanes) is 4. The number of rotatable bonds is 8. The van der Waals surface area contributed by atoms with Gasteiger partial charge in [0, 0.05) is 5.56 Å². The Labute approximate surface area is 180 Å². The number of halogens is 4. The second kappa shape index (κ2) is 9.99. The molecule has 0 saturated carbocycles. The van der Waals surface area contributed by atoms with Crippen LogP contribution in [0.15, 0.2) is 60.7 Å². The molecule has 0 aromatic heterocycles. The van der Waals surface area contributed by atoms with Crippen LogP contribution in [-0.4, -0.2) is 5.11 Å². The lowest BCUT2D eigenvalue weighted by Crippen LogP contribution is -2.09. The van der Waals surface area contributed by atoms with Crippen molar-refractivity contribution in [3.8, 4) is 28.0 Å². The van der Waals surface area contributed by atoms with Crippen LogP contribution in [0.1, 0.15) is 50.2 Å². The third kappa shape index (κ3) is 5.46. The first kappa shape index (κ1) is 22.9. The predicted octanol–water partition coefficient (Wildman–Crippen LogP) is 8.40. The molecule has 31 heavy (non-hydrogen) atoms. The molecule has 0 aliphatic heterocycles. The largest absolute Gasteiger partial charge is 0.507 e. The lowest BCUT2D eigenvalue weighted by Gasteiger charge is -2.16. The Kier molecular flexibility index (Phi) is 7.37.